The largest absolute Gasteiger partial charge is 0.466 e. The number of hydrogen-bond donors (Lipinski definition) is 1. The average molecular weight is 321 g/mol. The van der Waals surface area contributed by atoms with Crippen molar-refractivity contribution in [1.29, 1.82) is 0 Å². The summed E-state index contributed by atoms with van der Waals surface area (Å²) < 4.78 is 4.74. The van der Waals surface area contributed by atoms with Crippen molar-refractivity contribution in [2.45, 2.75) is 31.1 Å². The van der Waals surface area contributed by atoms with Crippen molar-refractivity contribution in [3.05, 3.63) is 24.3 Å². The molecular formula is C16H19NO4S. The normalized spacial score (nSPS) is 13.5. The predicted octanol–water partition coefficient (Wildman–Crippen LogP) is 2.65. The van der Waals surface area contributed by atoms with E-state index >= 15 is 0 Å². The number of hydrogen-bond acceptors (Lipinski definition) is 5. The summed E-state index contributed by atoms with van der Waals surface area (Å²) in [6, 6.07) is 7.36. The van der Waals surface area contributed by atoms with Crippen molar-refractivity contribution < 1.29 is 19.1 Å². The van der Waals surface area contributed by atoms with Crippen LogP contribution in [0.2, 0.25) is 0 Å². The Morgan fingerprint density at radius 1 is 1.32 bits per heavy atom. The van der Waals surface area contributed by atoms with Crippen molar-refractivity contribution in [3.63, 3.8) is 0 Å². The Morgan fingerprint density at radius 3 is 2.77 bits per heavy atom. The van der Waals surface area contributed by atoms with Gasteiger partial charge in [0.2, 0.25) is 5.91 Å². The number of carbonyl (C=O) groups is 3. The maximum Gasteiger partial charge on any atom is 0.313 e. The second-order valence-electron chi connectivity index (χ2n) is 5.10. The van der Waals surface area contributed by atoms with Gasteiger partial charge in [-0.25, -0.2) is 0 Å². The van der Waals surface area contributed by atoms with E-state index in [4.69, 9.17) is 4.74 Å². The van der Waals surface area contributed by atoms with E-state index in [1.54, 1.807) is 6.92 Å². The third kappa shape index (κ3) is 5.52. The van der Waals surface area contributed by atoms with Crippen LogP contribution in [0.1, 0.15) is 26.2 Å². The van der Waals surface area contributed by atoms with Gasteiger partial charge in [-0.3, -0.25) is 14.4 Å². The van der Waals surface area contributed by atoms with Gasteiger partial charge in [-0.2, -0.15) is 0 Å². The Kier molecular flexibility index (Phi) is 6.00. The molecule has 0 aliphatic heterocycles. The van der Waals surface area contributed by atoms with Crippen molar-refractivity contribution in [1.82, 2.24) is 0 Å². The lowest BCUT2D eigenvalue weighted by atomic mass is 10.3. The molecular weight excluding hydrogens is 302 g/mol. The topological polar surface area (TPSA) is 72.5 Å². The number of anilines is 1. The zero-order valence-corrected chi connectivity index (χ0v) is 13.3. The van der Waals surface area contributed by atoms with Crippen molar-refractivity contribution in [2.24, 2.45) is 5.92 Å². The highest BCUT2D eigenvalue weighted by Gasteiger charge is 2.29. The number of Topliss-reactive ketones (excluding diaryl/α,β-unsaturated/α-hetero) is 1. The molecule has 118 valence electrons. The van der Waals surface area contributed by atoms with Crippen LogP contribution in [0.25, 0.3) is 0 Å². The Hall–Kier alpha value is -1.82. The molecule has 1 N–H and O–H groups in total. The third-order valence-corrected chi connectivity index (χ3v) is 4.15. The summed E-state index contributed by atoms with van der Waals surface area (Å²) in [5, 5.41) is 2.87. The first-order valence-corrected chi connectivity index (χ1v) is 8.28. The molecule has 1 aromatic rings. The number of ether oxygens (including phenoxy) is 1. The summed E-state index contributed by atoms with van der Waals surface area (Å²) in [6.07, 6.45) is 1.73. The molecule has 0 atom stereocenters. The maximum absolute atomic E-state index is 11.7. The minimum atomic E-state index is -0.487. The van der Waals surface area contributed by atoms with E-state index in [0.29, 0.717) is 0 Å². The number of ketones is 1. The number of amides is 1. The van der Waals surface area contributed by atoms with Crippen LogP contribution in [-0.2, 0) is 19.1 Å². The quantitative estimate of drug-likeness (QED) is 0.453. The number of rotatable bonds is 8. The molecule has 0 radical (unpaired) electrons. The highest BCUT2D eigenvalue weighted by molar-refractivity contribution is 8.00. The lowest BCUT2D eigenvalue weighted by Gasteiger charge is -2.06. The third-order valence-electron chi connectivity index (χ3n) is 3.10. The van der Waals surface area contributed by atoms with Crippen molar-refractivity contribution in [2.75, 3.05) is 17.7 Å². The second kappa shape index (κ2) is 7.98. The molecule has 0 saturated heterocycles. The molecule has 1 aliphatic carbocycles. The van der Waals surface area contributed by atoms with Gasteiger partial charge in [0.05, 0.1) is 12.4 Å². The van der Waals surface area contributed by atoms with Crippen LogP contribution >= 0.6 is 11.8 Å². The number of benzene rings is 1. The molecule has 1 amide bonds. The molecule has 1 saturated carbocycles. The van der Waals surface area contributed by atoms with Crippen LogP contribution in [0, 0.1) is 5.92 Å². The highest BCUT2D eigenvalue weighted by Crippen LogP contribution is 2.30. The Morgan fingerprint density at radius 2 is 2.09 bits per heavy atom. The Bertz CT molecular complexity index is 569. The highest BCUT2D eigenvalue weighted by atomic mass is 32.2. The predicted molar refractivity (Wildman–Crippen MR) is 84.8 cm³/mol. The zero-order valence-electron chi connectivity index (χ0n) is 12.5. The van der Waals surface area contributed by atoms with E-state index in [2.05, 4.69) is 5.32 Å². The van der Waals surface area contributed by atoms with Crippen LogP contribution in [-0.4, -0.2) is 30.0 Å². The molecule has 22 heavy (non-hydrogen) atoms. The van der Waals surface area contributed by atoms with Crippen LogP contribution < -0.4 is 5.32 Å². The van der Waals surface area contributed by atoms with E-state index in [9.17, 15) is 14.4 Å². The lowest BCUT2D eigenvalue weighted by Crippen LogP contribution is -2.13. The first kappa shape index (κ1) is 16.5. The smallest absolute Gasteiger partial charge is 0.313 e. The molecule has 1 aromatic carbocycles. The first-order valence-electron chi connectivity index (χ1n) is 7.29. The SMILES string of the molecule is CCOC(=O)CC(=O)CSc1cccc(NC(=O)C2CC2)c1. The van der Waals surface area contributed by atoms with Gasteiger partial charge in [0.25, 0.3) is 0 Å². The molecule has 1 aliphatic rings. The number of carbonyl (C=O) groups excluding carboxylic acids is 3. The molecule has 0 heterocycles. The van der Waals surface area contributed by atoms with Crippen LogP contribution in [0.15, 0.2) is 29.2 Å². The number of esters is 1. The molecule has 1 fully saturated rings. The van der Waals surface area contributed by atoms with Gasteiger partial charge in [-0.15, -0.1) is 11.8 Å². The lowest BCUT2D eigenvalue weighted by molar-refractivity contribution is -0.145. The average Bonchev–Trinajstić information content (AvgIpc) is 3.30. The zero-order chi connectivity index (χ0) is 15.9. The van der Waals surface area contributed by atoms with E-state index in [0.717, 1.165) is 23.4 Å². The summed E-state index contributed by atoms with van der Waals surface area (Å²) in [5.41, 5.74) is 0.736. The Labute approximate surface area is 133 Å². The summed E-state index contributed by atoms with van der Waals surface area (Å²) in [7, 11) is 0. The van der Waals surface area contributed by atoms with E-state index in [1.807, 2.05) is 24.3 Å². The van der Waals surface area contributed by atoms with Crippen LogP contribution in [0.4, 0.5) is 5.69 Å². The number of thioether (sulfide) groups is 1. The molecule has 0 unspecified atom stereocenters. The van der Waals surface area contributed by atoms with Crippen molar-refractivity contribution in [3.8, 4) is 0 Å². The summed E-state index contributed by atoms with van der Waals surface area (Å²) >= 11 is 1.35. The summed E-state index contributed by atoms with van der Waals surface area (Å²) in [5.74, 6) is -0.240. The Balaban J connectivity index is 1.81. The number of nitrogens with one attached hydrogen (secondary N) is 1. The van der Waals surface area contributed by atoms with Gasteiger partial charge in [-0.05, 0) is 38.0 Å². The van der Waals surface area contributed by atoms with Crippen LogP contribution in [0.5, 0.6) is 0 Å². The fourth-order valence-corrected chi connectivity index (χ4v) is 2.66. The van der Waals surface area contributed by atoms with Gasteiger partial charge in [0, 0.05) is 16.5 Å². The minimum Gasteiger partial charge on any atom is -0.466 e. The molecule has 0 aromatic heterocycles. The van der Waals surface area contributed by atoms with E-state index in [1.165, 1.54) is 11.8 Å². The molecule has 6 heteroatoms. The first-order chi connectivity index (χ1) is 10.6. The maximum atomic E-state index is 11.7. The standard InChI is InChI=1S/C16H19NO4S/c1-2-21-15(19)9-13(18)10-22-14-5-3-4-12(8-14)17-16(20)11-6-7-11/h3-5,8,11H,2,6-7,9-10H2,1H3,(H,17,20). The van der Waals surface area contributed by atoms with Gasteiger partial charge >= 0.3 is 5.97 Å². The molecule has 2 rings (SSSR count). The summed E-state index contributed by atoms with van der Waals surface area (Å²) in [4.78, 5) is 35.5. The van der Waals surface area contributed by atoms with Crippen molar-refractivity contribution >= 4 is 35.1 Å². The fraction of sp³-hybridized carbons (Fsp3) is 0.438. The van der Waals surface area contributed by atoms with E-state index < -0.39 is 5.97 Å². The summed E-state index contributed by atoms with van der Waals surface area (Å²) in [6.45, 7) is 1.99. The van der Waals surface area contributed by atoms with Gasteiger partial charge in [0.1, 0.15) is 6.42 Å². The van der Waals surface area contributed by atoms with Gasteiger partial charge in [-0.1, -0.05) is 6.07 Å². The van der Waals surface area contributed by atoms with Gasteiger partial charge in [0.15, 0.2) is 5.78 Å². The second-order valence-corrected chi connectivity index (χ2v) is 6.15. The molecule has 0 bridgehead atoms. The fourth-order valence-electron chi connectivity index (χ4n) is 1.84. The van der Waals surface area contributed by atoms with Gasteiger partial charge < -0.3 is 10.1 Å². The van der Waals surface area contributed by atoms with Crippen LogP contribution in [0.3, 0.4) is 0 Å². The minimum absolute atomic E-state index is 0.0561. The molecule has 0 spiro atoms. The van der Waals surface area contributed by atoms with E-state index in [-0.39, 0.29) is 36.4 Å². The monoisotopic (exact) mass is 321 g/mol. The molecule has 5 nitrogen and oxygen atoms in total.